The van der Waals surface area contributed by atoms with Crippen molar-refractivity contribution in [2.45, 2.75) is 64.5 Å². The van der Waals surface area contributed by atoms with E-state index in [2.05, 4.69) is 22.1 Å². The largest absolute Gasteiger partial charge is 0.497 e. The van der Waals surface area contributed by atoms with Gasteiger partial charge in [0.1, 0.15) is 5.75 Å². The van der Waals surface area contributed by atoms with E-state index in [0.29, 0.717) is 19.7 Å². The Hall–Kier alpha value is -2.22. The van der Waals surface area contributed by atoms with E-state index in [4.69, 9.17) is 9.47 Å². The van der Waals surface area contributed by atoms with Crippen LogP contribution in [0.25, 0.3) is 10.9 Å². The molecule has 0 aliphatic carbocycles. The third-order valence-corrected chi connectivity index (χ3v) is 6.78. The maximum atomic E-state index is 12.8. The summed E-state index contributed by atoms with van der Waals surface area (Å²) in [7, 11) is 1.63. The summed E-state index contributed by atoms with van der Waals surface area (Å²) in [6.07, 6.45) is 8.08. The summed E-state index contributed by atoms with van der Waals surface area (Å²) in [6, 6.07) is 7.49. The highest BCUT2D eigenvalue weighted by Crippen LogP contribution is 2.27. The highest BCUT2D eigenvalue weighted by Gasteiger charge is 2.35. The second-order valence-electron chi connectivity index (χ2n) is 9.18. The van der Waals surface area contributed by atoms with E-state index < -0.39 is 6.10 Å². The quantitative estimate of drug-likeness (QED) is 0.336. The van der Waals surface area contributed by atoms with Gasteiger partial charge in [0.15, 0.2) is 0 Å². The van der Waals surface area contributed by atoms with E-state index in [-0.39, 0.29) is 17.9 Å². The number of nitrogens with one attached hydrogen (secondary N) is 1. The van der Waals surface area contributed by atoms with Crippen LogP contribution in [0.3, 0.4) is 0 Å². The van der Waals surface area contributed by atoms with Gasteiger partial charge in [-0.3, -0.25) is 9.78 Å². The molecule has 1 aliphatic rings. The minimum atomic E-state index is -0.725. The van der Waals surface area contributed by atoms with E-state index in [0.717, 1.165) is 41.7 Å². The highest BCUT2D eigenvalue weighted by molar-refractivity contribution is 5.83. The van der Waals surface area contributed by atoms with Crippen LogP contribution in [0.4, 0.5) is 0 Å². The molecular weight excluding hydrogens is 430 g/mol. The first kappa shape index (κ1) is 26.4. The molecule has 7 heteroatoms. The van der Waals surface area contributed by atoms with Gasteiger partial charge in [0.05, 0.1) is 31.3 Å². The lowest BCUT2D eigenvalue weighted by Crippen LogP contribution is -2.53. The number of aromatic nitrogens is 1. The number of hydrogen-bond acceptors (Lipinski definition) is 7. The zero-order valence-corrected chi connectivity index (χ0v) is 21.0. The lowest BCUT2D eigenvalue weighted by atomic mass is 9.91. The number of esters is 1. The Bertz CT molecular complexity index is 907. The second kappa shape index (κ2) is 13.6. The molecule has 188 valence electrons. The zero-order valence-electron chi connectivity index (χ0n) is 21.0. The van der Waals surface area contributed by atoms with Crippen molar-refractivity contribution in [1.82, 2.24) is 15.2 Å². The lowest BCUT2D eigenvalue weighted by molar-refractivity contribution is -0.151. The van der Waals surface area contributed by atoms with E-state index >= 15 is 0 Å². The number of nitrogens with zero attached hydrogens (tertiary/aromatic N) is 2. The first-order valence-corrected chi connectivity index (χ1v) is 12.8. The van der Waals surface area contributed by atoms with Crippen LogP contribution in [0.15, 0.2) is 30.5 Å². The van der Waals surface area contributed by atoms with Crippen LogP contribution in [0.2, 0.25) is 0 Å². The third-order valence-electron chi connectivity index (χ3n) is 6.78. The van der Waals surface area contributed by atoms with Gasteiger partial charge >= 0.3 is 5.97 Å². The number of carbonyl (C=O) groups is 1. The van der Waals surface area contributed by atoms with Crippen molar-refractivity contribution < 1.29 is 19.4 Å². The normalized spacial score (nSPS) is 19.8. The minimum absolute atomic E-state index is 0.0207. The molecule has 0 amide bonds. The lowest BCUT2D eigenvalue weighted by Gasteiger charge is -2.38. The van der Waals surface area contributed by atoms with Crippen molar-refractivity contribution in [1.29, 1.82) is 0 Å². The third kappa shape index (κ3) is 7.14. The van der Waals surface area contributed by atoms with Gasteiger partial charge in [0, 0.05) is 30.7 Å². The molecule has 0 saturated carbocycles. The molecule has 0 bridgehead atoms. The number of pyridine rings is 1. The predicted octanol–water partition coefficient (Wildman–Crippen LogP) is 4.09. The molecule has 7 nitrogen and oxygen atoms in total. The fraction of sp³-hybridized carbons (Fsp3) is 0.630. The van der Waals surface area contributed by atoms with Crippen LogP contribution < -0.4 is 10.1 Å². The monoisotopic (exact) mass is 471 g/mol. The number of hydrogen-bond donors (Lipinski definition) is 2. The second-order valence-corrected chi connectivity index (χ2v) is 9.18. The summed E-state index contributed by atoms with van der Waals surface area (Å²) in [5, 5.41) is 15.4. The molecule has 34 heavy (non-hydrogen) atoms. The SMILES string of the molecule is CCCCCCCN1CC[C@H](NC[C@H](O)c2ccnc3ccc(OC)cc23)[C@@H](C(=O)OCC)C1. The molecule has 3 atom stereocenters. The average molecular weight is 472 g/mol. The van der Waals surface area contributed by atoms with Gasteiger partial charge in [-0.05, 0) is 62.7 Å². The van der Waals surface area contributed by atoms with E-state index in [1.807, 2.05) is 31.2 Å². The summed E-state index contributed by atoms with van der Waals surface area (Å²) in [6.45, 7) is 7.50. The van der Waals surface area contributed by atoms with Gasteiger partial charge in [-0.1, -0.05) is 32.6 Å². The number of methoxy groups -OCH3 is 1. The van der Waals surface area contributed by atoms with Gasteiger partial charge in [0.25, 0.3) is 0 Å². The Labute approximate surface area is 203 Å². The number of carbonyl (C=O) groups excluding carboxylic acids is 1. The molecule has 0 spiro atoms. The number of piperidine rings is 1. The number of aliphatic hydroxyl groups is 1. The molecule has 2 N–H and O–H groups in total. The first-order valence-electron chi connectivity index (χ1n) is 12.8. The van der Waals surface area contributed by atoms with Gasteiger partial charge in [0.2, 0.25) is 0 Å². The standard InChI is InChI=1S/C27H41N3O4/c1-4-6-7-8-9-15-30-16-13-25(23(19-30)27(32)34-5-2)29-18-26(31)21-12-14-28-24-11-10-20(33-3)17-22(21)24/h10-12,14,17,23,25-26,29,31H,4-9,13,15-16,18-19H2,1-3H3/t23-,25-,26-/m0/s1. The molecule has 1 aromatic heterocycles. The zero-order chi connectivity index (χ0) is 24.3. The van der Waals surface area contributed by atoms with Crippen LogP contribution in [0.1, 0.15) is 64.0 Å². The van der Waals surface area contributed by atoms with Crippen LogP contribution in [-0.4, -0.2) is 66.9 Å². The summed E-state index contributed by atoms with van der Waals surface area (Å²) < 4.78 is 10.8. The molecular formula is C27H41N3O4. The van der Waals surface area contributed by atoms with E-state index in [1.54, 1.807) is 13.3 Å². The van der Waals surface area contributed by atoms with Crippen LogP contribution >= 0.6 is 0 Å². The number of ether oxygens (including phenoxy) is 2. The molecule has 3 rings (SSSR count). The fourth-order valence-electron chi connectivity index (χ4n) is 4.83. The number of aliphatic hydroxyl groups excluding tert-OH is 1. The predicted molar refractivity (Wildman–Crippen MR) is 135 cm³/mol. The summed E-state index contributed by atoms with van der Waals surface area (Å²) in [5.41, 5.74) is 1.61. The van der Waals surface area contributed by atoms with E-state index in [1.165, 1.54) is 32.1 Å². The fourth-order valence-corrected chi connectivity index (χ4v) is 4.83. The van der Waals surface area contributed by atoms with Gasteiger partial charge in [-0.2, -0.15) is 0 Å². The maximum Gasteiger partial charge on any atom is 0.311 e. The van der Waals surface area contributed by atoms with Crippen molar-refractivity contribution in [2.75, 3.05) is 39.9 Å². The highest BCUT2D eigenvalue weighted by atomic mass is 16.5. The summed E-state index contributed by atoms with van der Waals surface area (Å²) in [4.78, 5) is 19.6. The average Bonchev–Trinajstić information content (AvgIpc) is 2.86. The van der Waals surface area contributed by atoms with Crippen molar-refractivity contribution in [2.24, 2.45) is 5.92 Å². The number of unbranched alkanes of at least 4 members (excludes halogenated alkanes) is 4. The Balaban J connectivity index is 1.62. The molecule has 1 aromatic carbocycles. The minimum Gasteiger partial charge on any atom is -0.497 e. The molecule has 0 radical (unpaired) electrons. The van der Waals surface area contributed by atoms with Crippen LogP contribution in [-0.2, 0) is 9.53 Å². The van der Waals surface area contributed by atoms with Gasteiger partial charge < -0.3 is 24.8 Å². The number of likely N-dealkylation sites (tertiary alicyclic amines) is 1. The Morgan fingerprint density at radius 3 is 2.82 bits per heavy atom. The van der Waals surface area contributed by atoms with Crippen LogP contribution in [0.5, 0.6) is 5.75 Å². The summed E-state index contributed by atoms with van der Waals surface area (Å²) in [5.74, 6) is 0.349. The Kier molecular flexibility index (Phi) is 10.6. The first-order chi connectivity index (χ1) is 16.6. The van der Waals surface area contributed by atoms with Crippen molar-refractivity contribution in [3.63, 3.8) is 0 Å². The van der Waals surface area contributed by atoms with Crippen molar-refractivity contribution in [3.05, 3.63) is 36.0 Å². The topological polar surface area (TPSA) is 83.9 Å². The Morgan fingerprint density at radius 2 is 2.06 bits per heavy atom. The number of benzene rings is 1. The molecule has 2 heterocycles. The van der Waals surface area contributed by atoms with Gasteiger partial charge in [-0.25, -0.2) is 0 Å². The maximum absolute atomic E-state index is 12.8. The molecule has 0 unspecified atom stereocenters. The van der Waals surface area contributed by atoms with Crippen molar-refractivity contribution in [3.8, 4) is 5.75 Å². The Morgan fingerprint density at radius 1 is 1.24 bits per heavy atom. The molecule has 1 saturated heterocycles. The van der Waals surface area contributed by atoms with Crippen LogP contribution in [0, 0.1) is 5.92 Å². The molecule has 1 fully saturated rings. The molecule has 2 aromatic rings. The number of rotatable bonds is 13. The smallest absolute Gasteiger partial charge is 0.311 e. The van der Waals surface area contributed by atoms with E-state index in [9.17, 15) is 9.90 Å². The van der Waals surface area contributed by atoms with Gasteiger partial charge in [-0.15, -0.1) is 0 Å². The molecule has 1 aliphatic heterocycles. The number of fused-ring (bicyclic) bond motifs is 1. The van der Waals surface area contributed by atoms with Crippen molar-refractivity contribution >= 4 is 16.9 Å². The summed E-state index contributed by atoms with van der Waals surface area (Å²) >= 11 is 0.